The van der Waals surface area contributed by atoms with Crippen LogP contribution in [-0.2, 0) is 6.54 Å². The van der Waals surface area contributed by atoms with Crippen LogP contribution < -0.4 is 10.7 Å². The molecule has 1 N–H and O–H groups in total. The number of amides is 1. The van der Waals surface area contributed by atoms with Gasteiger partial charge in [0.25, 0.3) is 11.6 Å². The van der Waals surface area contributed by atoms with E-state index in [1.54, 1.807) is 19.1 Å². The summed E-state index contributed by atoms with van der Waals surface area (Å²) in [7, 11) is 0. The lowest BCUT2D eigenvalue weighted by molar-refractivity contribution is -0.384. The van der Waals surface area contributed by atoms with Crippen LogP contribution in [0.15, 0.2) is 53.3 Å². The van der Waals surface area contributed by atoms with Crippen LogP contribution in [0.1, 0.15) is 27.3 Å². The van der Waals surface area contributed by atoms with Crippen molar-refractivity contribution in [2.45, 2.75) is 20.4 Å². The summed E-state index contributed by atoms with van der Waals surface area (Å²) in [6, 6.07) is 13.1. The molecule has 0 radical (unpaired) electrons. The number of nitro benzene ring substituents is 1. The SMILES string of the molecule is Cc1cc(CN2CCSCC2)ccc1NC(=O)c1nn(-c2ccccc2[N+](=O)[O-])c(C)cc1=O. The fourth-order valence-corrected chi connectivity index (χ4v) is 4.89. The lowest BCUT2D eigenvalue weighted by Gasteiger charge is -2.26. The molecule has 1 aliphatic heterocycles. The maximum Gasteiger partial charge on any atom is 0.294 e. The molecule has 176 valence electrons. The molecule has 0 unspecified atom stereocenters. The van der Waals surface area contributed by atoms with Crippen molar-refractivity contribution in [3.05, 3.63) is 91.4 Å². The van der Waals surface area contributed by atoms with Crippen molar-refractivity contribution in [3.8, 4) is 5.69 Å². The Morgan fingerprint density at radius 3 is 2.59 bits per heavy atom. The molecule has 1 aliphatic rings. The quantitative estimate of drug-likeness (QED) is 0.425. The zero-order chi connectivity index (χ0) is 24.2. The average Bonchev–Trinajstić information content (AvgIpc) is 2.81. The maximum atomic E-state index is 13.0. The zero-order valence-corrected chi connectivity index (χ0v) is 19.8. The summed E-state index contributed by atoms with van der Waals surface area (Å²) in [5.74, 6) is 1.61. The summed E-state index contributed by atoms with van der Waals surface area (Å²) in [5, 5.41) is 18.4. The van der Waals surface area contributed by atoms with Gasteiger partial charge in [0, 0.05) is 54.7 Å². The summed E-state index contributed by atoms with van der Waals surface area (Å²) in [6.07, 6.45) is 0. The van der Waals surface area contributed by atoms with E-state index in [4.69, 9.17) is 0 Å². The highest BCUT2D eigenvalue weighted by Gasteiger charge is 2.21. The third kappa shape index (κ3) is 5.18. The van der Waals surface area contributed by atoms with Crippen LogP contribution in [0.5, 0.6) is 0 Å². The Balaban J connectivity index is 1.58. The van der Waals surface area contributed by atoms with E-state index in [1.165, 1.54) is 22.9 Å². The first-order chi connectivity index (χ1) is 16.3. The third-order valence-electron chi connectivity index (χ3n) is 5.68. The number of aromatic nitrogens is 2. The molecule has 1 fully saturated rings. The summed E-state index contributed by atoms with van der Waals surface area (Å²) in [5.41, 5.74) is 2.12. The molecule has 1 saturated heterocycles. The normalized spacial score (nSPS) is 14.1. The largest absolute Gasteiger partial charge is 0.320 e. The van der Waals surface area contributed by atoms with Gasteiger partial charge in [-0.3, -0.25) is 24.6 Å². The van der Waals surface area contributed by atoms with Gasteiger partial charge in [-0.05, 0) is 37.1 Å². The molecule has 0 saturated carbocycles. The molecule has 2 aromatic carbocycles. The summed E-state index contributed by atoms with van der Waals surface area (Å²) < 4.78 is 1.25. The van der Waals surface area contributed by atoms with Gasteiger partial charge >= 0.3 is 0 Å². The second-order valence-electron chi connectivity index (χ2n) is 8.15. The first kappa shape index (κ1) is 23.7. The number of carbonyl (C=O) groups excluding carboxylic acids is 1. The third-order valence-corrected chi connectivity index (χ3v) is 6.62. The molecule has 9 nitrogen and oxygen atoms in total. The molecule has 1 amide bonds. The van der Waals surface area contributed by atoms with Crippen molar-refractivity contribution < 1.29 is 9.72 Å². The second-order valence-corrected chi connectivity index (χ2v) is 9.37. The first-order valence-corrected chi connectivity index (χ1v) is 12.0. The van der Waals surface area contributed by atoms with Gasteiger partial charge in [-0.1, -0.05) is 24.3 Å². The van der Waals surface area contributed by atoms with Gasteiger partial charge in [-0.25, -0.2) is 4.68 Å². The molecule has 10 heteroatoms. The average molecular weight is 480 g/mol. The predicted octanol–water partition coefficient (Wildman–Crippen LogP) is 3.56. The van der Waals surface area contributed by atoms with Crippen molar-refractivity contribution in [1.82, 2.24) is 14.7 Å². The second kappa shape index (κ2) is 10.2. The molecule has 3 aromatic rings. The van der Waals surface area contributed by atoms with E-state index in [2.05, 4.69) is 15.3 Å². The highest BCUT2D eigenvalue weighted by molar-refractivity contribution is 7.99. The monoisotopic (exact) mass is 479 g/mol. The first-order valence-electron chi connectivity index (χ1n) is 10.9. The number of nitro groups is 1. The van der Waals surface area contributed by atoms with Gasteiger partial charge in [-0.15, -0.1) is 0 Å². The van der Waals surface area contributed by atoms with Gasteiger partial charge in [0.15, 0.2) is 5.69 Å². The fourth-order valence-electron chi connectivity index (χ4n) is 3.91. The number of aryl methyl sites for hydroxylation is 2. The Hall–Kier alpha value is -3.50. The van der Waals surface area contributed by atoms with Crippen molar-refractivity contribution in [1.29, 1.82) is 0 Å². The number of thioether (sulfide) groups is 1. The molecule has 1 aromatic heterocycles. The summed E-state index contributed by atoms with van der Waals surface area (Å²) in [6.45, 7) is 6.49. The Labute approximate surface area is 200 Å². The highest BCUT2D eigenvalue weighted by Crippen LogP contribution is 2.23. The minimum Gasteiger partial charge on any atom is -0.320 e. The van der Waals surface area contributed by atoms with Crippen LogP contribution in [0.3, 0.4) is 0 Å². The molecule has 4 rings (SSSR count). The van der Waals surface area contributed by atoms with E-state index in [0.717, 1.165) is 42.3 Å². The van der Waals surface area contributed by atoms with Crippen LogP contribution in [0.2, 0.25) is 0 Å². The highest BCUT2D eigenvalue weighted by atomic mass is 32.2. The Morgan fingerprint density at radius 2 is 1.88 bits per heavy atom. The smallest absolute Gasteiger partial charge is 0.294 e. The van der Waals surface area contributed by atoms with Gasteiger partial charge < -0.3 is 5.32 Å². The van der Waals surface area contributed by atoms with Gasteiger partial charge in [0.05, 0.1) is 4.92 Å². The Bertz CT molecular complexity index is 1300. The number of carbonyl (C=O) groups is 1. The maximum absolute atomic E-state index is 13.0. The van der Waals surface area contributed by atoms with Crippen LogP contribution in [-0.4, -0.2) is 50.1 Å². The van der Waals surface area contributed by atoms with Crippen molar-refractivity contribution in [2.24, 2.45) is 0 Å². The Kier molecular flexibility index (Phi) is 7.09. The van der Waals surface area contributed by atoms with Crippen molar-refractivity contribution in [3.63, 3.8) is 0 Å². The van der Waals surface area contributed by atoms with Crippen molar-refractivity contribution in [2.75, 3.05) is 29.9 Å². The van der Waals surface area contributed by atoms with E-state index < -0.39 is 16.3 Å². The topological polar surface area (TPSA) is 110 Å². The molecule has 0 spiro atoms. The number of hydrogen-bond donors (Lipinski definition) is 1. The van der Waals surface area contributed by atoms with Crippen LogP contribution in [0.4, 0.5) is 11.4 Å². The van der Waals surface area contributed by atoms with Crippen molar-refractivity contribution >= 4 is 29.0 Å². The zero-order valence-electron chi connectivity index (χ0n) is 19.0. The number of hydrogen-bond acceptors (Lipinski definition) is 7. The lowest BCUT2D eigenvalue weighted by atomic mass is 10.1. The minimum atomic E-state index is -0.666. The number of benzene rings is 2. The Morgan fingerprint density at radius 1 is 1.15 bits per heavy atom. The van der Waals surface area contributed by atoms with Crippen LogP contribution in [0.25, 0.3) is 5.69 Å². The number of rotatable bonds is 6. The van der Waals surface area contributed by atoms with Crippen LogP contribution >= 0.6 is 11.8 Å². The number of para-hydroxylation sites is 2. The van der Waals surface area contributed by atoms with Gasteiger partial charge in [-0.2, -0.15) is 16.9 Å². The lowest BCUT2D eigenvalue weighted by Crippen LogP contribution is -2.32. The van der Waals surface area contributed by atoms with Gasteiger partial charge in [0.1, 0.15) is 5.69 Å². The fraction of sp³-hybridized carbons (Fsp3) is 0.292. The number of anilines is 1. The van der Waals surface area contributed by atoms with E-state index >= 15 is 0 Å². The standard InChI is InChI=1S/C24H25N5O4S/c1-16-13-18(15-27-9-11-34-12-10-27)7-8-19(16)25-24(31)23-22(30)14-17(2)28(26-23)20-5-3-4-6-21(20)29(32)33/h3-8,13-14H,9-12,15H2,1-2H3,(H,25,31). The predicted molar refractivity (Wildman–Crippen MR) is 133 cm³/mol. The molecular formula is C24H25N5O4S. The molecule has 0 bridgehead atoms. The van der Waals surface area contributed by atoms with Crippen LogP contribution in [0, 0.1) is 24.0 Å². The number of nitrogens with one attached hydrogen (secondary N) is 1. The van der Waals surface area contributed by atoms with Gasteiger partial charge in [0.2, 0.25) is 5.43 Å². The number of nitrogens with zero attached hydrogens (tertiary/aromatic N) is 4. The molecule has 0 atom stereocenters. The summed E-state index contributed by atoms with van der Waals surface area (Å²) >= 11 is 1.97. The van der Waals surface area contributed by atoms with E-state index in [-0.39, 0.29) is 17.1 Å². The van der Waals surface area contributed by atoms with E-state index in [9.17, 15) is 19.7 Å². The molecule has 2 heterocycles. The minimum absolute atomic E-state index is 0.174. The molecule has 0 aliphatic carbocycles. The van der Waals surface area contributed by atoms with E-state index in [0.29, 0.717) is 11.4 Å². The molecular weight excluding hydrogens is 454 g/mol. The van der Waals surface area contributed by atoms with E-state index in [1.807, 2.05) is 36.9 Å². The summed E-state index contributed by atoms with van der Waals surface area (Å²) in [4.78, 5) is 38.9. The molecule has 34 heavy (non-hydrogen) atoms.